The molecule has 0 bridgehead atoms. The molecule has 2 fully saturated rings. The molecule has 2 amide bonds. The molecule has 2 saturated heterocycles. The topological polar surface area (TPSA) is 94.2 Å². The van der Waals surface area contributed by atoms with Crippen LogP contribution < -0.4 is 10.2 Å². The maximum absolute atomic E-state index is 12.4. The van der Waals surface area contributed by atoms with Gasteiger partial charge in [-0.05, 0) is 37.5 Å². The predicted octanol–water partition coefficient (Wildman–Crippen LogP) is 2.35. The van der Waals surface area contributed by atoms with Crippen molar-refractivity contribution in [3.05, 3.63) is 30.6 Å². The van der Waals surface area contributed by atoms with Crippen LogP contribution in [0.5, 0.6) is 0 Å². The molecule has 2 aromatic rings. The number of aromatic nitrogens is 3. The molecule has 2 N–H and O–H groups in total. The molecule has 0 spiro atoms. The molecule has 8 nitrogen and oxygen atoms in total. The molecule has 0 aromatic carbocycles. The zero-order valence-electron chi connectivity index (χ0n) is 17.3. The van der Waals surface area contributed by atoms with Crippen LogP contribution in [-0.4, -0.2) is 63.9 Å². The van der Waals surface area contributed by atoms with Crippen LogP contribution in [0.25, 0.3) is 11.4 Å². The Morgan fingerprint density at radius 2 is 1.93 bits per heavy atom. The third kappa shape index (κ3) is 5.17. The van der Waals surface area contributed by atoms with Gasteiger partial charge in [-0.3, -0.25) is 9.59 Å². The van der Waals surface area contributed by atoms with Crippen molar-refractivity contribution in [2.24, 2.45) is 0 Å². The molecule has 1 atom stereocenters. The molecular weight excluding hydrogens is 380 g/mol. The highest BCUT2D eigenvalue weighted by atomic mass is 16.2. The normalized spacial score (nSPS) is 19.5. The Labute approximate surface area is 177 Å². The van der Waals surface area contributed by atoms with E-state index in [9.17, 15) is 9.59 Å². The lowest BCUT2D eigenvalue weighted by molar-refractivity contribution is -0.133. The molecule has 0 radical (unpaired) electrons. The lowest BCUT2D eigenvalue weighted by atomic mass is 10.2. The van der Waals surface area contributed by atoms with Crippen LogP contribution in [0.2, 0.25) is 0 Å². The number of hydrogen-bond acceptors (Lipinski definition) is 5. The molecule has 0 aliphatic carbocycles. The first-order valence-electron chi connectivity index (χ1n) is 11.0. The van der Waals surface area contributed by atoms with Crippen LogP contribution in [-0.2, 0) is 9.59 Å². The third-order valence-corrected chi connectivity index (χ3v) is 5.88. The number of nitrogens with zero attached hydrogens (tertiary/aromatic N) is 4. The van der Waals surface area contributed by atoms with Gasteiger partial charge in [0.05, 0.1) is 11.4 Å². The van der Waals surface area contributed by atoms with Crippen molar-refractivity contribution >= 4 is 17.8 Å². The van der Waals surface area contributed by atoms with E-state index in [1.807, 2.05) is 29.3 Å². The van der Waals surface area contributed by atoms with Crippen molar-refractivity contribution in [2.45, 2.75) is 51.0 Å². The Morgan fingerprint density at radius 1 is 1.10 bits per heavy atom. The average Bonchev–Trinajstić information content (AvgIpc) is 3.39. The molecule has 2 aliphatic heterocycles. The van der Waals surface area contributed by atoms with Gasteiger partial charge >= 0.3 is 0 Å². The van der Waals surface area contributed by atoms with Crippen molar-refractivity contribution in [3.8, 4) is 11.4 Å². The molecule has 0 saturated carbocycles. The van der Waals surface area contributed by atoms with Gasteiger partial charge in [0.2, 0.25) is 17.8 Å². The Morgan fingerprint density at radius 3 is 2.70 bits per heavy atom. The summed E-state index contributed by atoms with van der Waals surface area (Å²) in [6.45, 7) is 3.14. The van der Waals surface area contributed by atoms with Crippen LogP contribution in [0.15, 0.2) is 30.6 Å². The summed E-state index contributed by atoms with van der Waals surface area (Å²) in [5, 5.41) is 3.08. The van der Waals surface area contributed by atoms with Gasteiger partial charge in [0.1, 0.15) is 0 Å². The Bertz CT molecular complexity index is 845. The van der Waals surface area contributed by atoms with Crippen LogP contribution >= 0.6 is 0 Å². The lowest BCUT2D eigenvalue weighted by Gasteiger charge is -2.20. The molecule has 4 rings (SSSR count). The van der Waals surface area contributed by atoms with Gasteiger partial charge in [-0.15, -0.1) is 0 Å². The van der Waals surface area contributed by atoms with Crippen LogP contribution in [0.4, 0.5) is 5.95 Å². The number of nitrogens with one attached hydrogen (secondary N) is 2. The zero-order valence-corrected chi connectivity index (χ0v) is 17.3. The molecule has 4 heterocycles. The Kier molecular flexibility index (Phi) is 6.61. The quantitative estimate of drug-likeness (QED) is 0.762. The number of rotatable bonds is 6. The molecule has 2 aliphatic rings. The molecule has 1 unspecified atom stereocenters. The monoisotopic (exact) mass is 410 g/mol. The Balaban J connectivity index is 1.24. The fraction of sp³-hybridized carbons (Fsp3) is 0.545. The summed E-state index contributed by atoms with van der Waals surface area (Å²) in [6, 6.07) is 5.86. The molecular formula is C22H30N6O2. The van der Waals surface area contributed by atoms with E-state index in [1.54, 1.807) is 6.20 Å². The summed E-state index contributed by atoms with van der Waals surface area (Å²) in [4.78, 5) is 41.0. The van der Waals surface area contributed by atoms with E-state index in [-0.39, 0.29) is 24.3 Å². The average molecular weight is 411 g/mol. The van der Waals surface area contributed by atoms with E-state index in [2.05, 4.69) is 25.2 Å². The van der Waals surface area contributed by atoms with Gasteiger partial charge in [0, 0.05) is 57.5 Å². The predicted molar refractivity (Wildman–Crippen MR) is 115 cm³/mol. The second-order valence-corrected chi connectivity index (χ2v) is 8.12. The number of H-pyrrole nitrogens is 1. The first kappa shape index (κ1) is 20.4. The van der Waals surface area contributed by atoms with Crippen molar-refractivity contribution in [1.82, 2.24) is 25.2 Å². The van der Waals surface area contributed by atoms with E-state index >= 15 is 0 Å². The van der Waals surface area contributed by atoms with Crippen molar-refractivity contribution in [2.75, 3.05) is 31.1 Å². The zero-order chi connectivity index (χ0) is 20.8. The smallest absolute Gasteiger partial charge is 0.225 e. The maximum atomic E-state index is 12.4. The van der Waals surface area contributed by atoms with Crippen molar-refractivity contribution in [3.63, 3.8) is 0 Å². The summed E-state index contributed by atoms with van der Waals surface area (Å²) in [5.74, 6) is 0.732. The lowest BCUT2D eigenvalue weighted by Crippen LogP contribution is -2.38. The van der Waals surface area contributed by atoms with Gasteiger partial charge in [-0.2, -0.15) is 0 Å². The molecule has 2 aromatic heterocycles. The number of anilines is 1. The molecule has 30 heavy (non-hydrogen) atoms. The summed E-state index contributed by atoms with van der Waals surface area (Å²) in [7, 11) is 0. The number of amides is 2. The van der Waals surface area contributed by atoms with Gasteiger partial charge in [0.15, 0.2) is 0 Å². The Hall–Kier alpha value is -2.90. The minimum Gasteiger partial charge on any atom is -0.360 e. The highest BCUT2D eigenvalue weighted by Gasteiger charge is 2.26. The van der Waals surface area contributed by atoms with Crippen LogP contribution in [0.1, 0.15) is 44.9 Å². The standard InChI is InChI=1S/C22H30N6O2/c29-20(7-8-21(30)27-13-3-1-2-4-14-27)25-17-10-15-28(16-17)22-24-12-9-19(26-22)18-6-5-11-23-18/h5-6,9,11-12,17,23H,1-4,7-8,10,13-16H2,(H,25,29). The summed E-state index contributed by atoms with van der Waals surface area (Å²) in [5.41, 5.74) is 1.81. The van der Waals surface area contributed by atoms with Gasteiger partial charge in [0.25, 0.3) is 0 Å². The van der Waals surface area contributed by atoms with E-state index in [0.717, 1.165) is 50.3 Å². The number of carbonyl (C=O) groups is 2. The second-order valence-electron chi connectivity index (χ2n) is 8.12. The van der Waals surface area contributed by atoms with Crippen LogP contribution in [0.3, 0.4) is 0 Å². The maximum Gasteiger partial charge on any atom is 0.225 e. The largest absolute Gasteiger partial charge is 0.360 e. The van der Waals surface area contributed by atoms with E-state index in [4.69, 9.17) is 0 Å². The fourth-order valence-electron chi connectivity index (χ4n) is 4.20. The number of carbonyl (C=O) groups excluding carboxylic acids is 2. The molecule has 160 valence electrons. The first-order valence-corrected chi connectivity index (χ1v) is 11.0. The van der Waals surface area contributed by atoms with Crippen LogP contribution in [0, 0.1) is 0 Å². The number of aromatic amines is 1. The summed E-state index contributed by atoms with van der Waals surface area (Å²) in [6.07, 6.45) is 9.57. The minimum absolute atomic E-state index is 0.0499. The highest BCUT2D eigenvalue weighted by molar-refractivity contribution is 5.84. The number of likely N-dealkylation sites (tertiary alicyclic amines) is 1. The fourth-order valence-corrected chi connectivity index (χ4v) is 4.20. The summed E-state index contributed by atoms with van der Waals surface area (Å²) < 4.78 is 0. The SMILES string of the molecule is O=C(CCC(=O)N1CCCCCC1)NC1CCN(c2nccc(-c3ccc[nH]3)n2)C1. The van der Waals surface area contributed by atoms with E-state index < -0.39 is 0 Å². The first-order chi connectivity index (χ1) is 14.7. The van der Waals surface area contributed by atoms with Gasteiger partial charge in [-0.1, -0.05) is 12.8 Å². The highest BCUT2D eigenvalue weighted by Crippen LogP contribution is 2.20. The molecule has 8 heteroatoms. The minimum atomic E-state index is -0.0499. The summed E-state index contributed by atoms with van der Waals surface area (Å²) >= 11 is 0. The number of hydrogen-bond donors (Lipinski definition) is 2. The van der Waals surface area contributed by atoms with Crippen molar-refractivity contribution in [1.29, 1.82) is 0 Å². The van der Waals surface area contributed by atoms with Gasteiger partial charge in [-0.25, -0.2) is 9.97 Å². The van der Waals surface area contributed by atoms with E-state index in [1.165, 1.54) is 12.8 Å². The van der Waals surface area contributed by atoms with E-state index in [0.29, 0.717) is 18.9 Å². The second kappa shape index (κ2) is 9.73. The van der Waals surface area contributed by atoms with Crippen molar-refractivity contribution < 1.29 is 9.59 Å². The van der Waals surface area contributed by atoms with Gasteiger partial charge < -0.3 is 20.1 Å². The third-order valence-electron chi connectivity index (χ3n) is 5.88.